The molecule has 1 aromatic heterocycles. The third-order valence-corrected chi connectivity index (χ3v) is 3.72. The lowest BCUT2D eigenvalue weighted by Gasteiger charge is -2.34. The van der Waals surface area contributed by atoms with Crippen molar-refractivity contribution in [1.29, 1.82) is 0 Å². The molecule has 124 valence electrons. The van der Waals surface area contributed by atoms with Crippen molar-refractivity contribution in [3.05, 3.63) is 18.0 Å². The summed E-state index contributed by atoms with van der Waals surface area (Å²) in [5.74, 6) is 0.904. The monoisotopic (exact) mass is 310 g/mol. The third kappa shape index (κ3) is 5.31. The molecule has 0 aliphatic carbocycles. The van der Waals surface area contributed by atoms with Crippen molar-refractivity contribution < 1.29 is 14.0 Å². The summed E-state index contributed by atoms with van der Waals surface area (Å²) in [6.07, 6.45) is 4.93. The van der Waals surface area contributed by atoms with Crippen molar-refractivity contribution in [2.24, 2.45) is 4.99 Å². The standard InChI is InChI=1S/C15H26N4O3/c1-16-15(17-12-13-6-11-22-18-13)19-7-4-14(5-8-19)21-10-3-9-20-2/h6,11,14H,3-5,7-10,12H2,1-2H3,(H,16,17). The Hall–Kier alpha value is -1.60. The van der Waals surface area contributed by atoms with Gasteiger partial charge in [0.1, 0.15) is 12.0 Å². The number of guanidine groups is 1. The fourth-order valence-corrected chi connectivity index (χ4v) is 2.52. The average molecular weight is 310 g/mol. The molecular formula is C15H26N4O3. The van der Waals surface area contributed by atoms with Crippen LogP contribution in [-0.4, -0.2) is 62.6 Å². The molecule has 2 rings (SSSR count). The van der Waals surface area contributed by atoms with E-state index in [4.69, 9.17) is 14.0 Å². The van der Waals surface area contributed by atoms with Gasteiger partial charge in [0.25, 0.3) is 0 Å². The second kappa shape index (κ2) is 9.42. The topological polar surface area (TPSA) is 72.1 Å². The lowest BCUT2D eigenvalue weighted by atomic mass is 10.1. The number of aromatic nitrogens is 1. The zero-order valence-electron chi connectivity index (χ0n) is 13.5. The Morgan fingerprint density at radius 2 is 2.27 bits per heavy atom. The number of ether oxygens (including phenoxy) is 2. The summed E-state index contributed by atoms with van der Waals surface area (Å²) in [6.45, 7) is 4.06. The zero-order chi connectivity index (χ0) is 15.6. The van der Waals surface area contributed by atoms with E-state index >= 15 is 0 Å². The number of hydrogen-bond acceptors (Lipinski definition) is 5. The molecule has 0 saturated carbocycles. The van der Waals surface area contributed by atoms with Crippen LogP contribution in [-0.2, 0) is 16.0 Å². The van der Waals surface area contributed by atoms with Crippen LogP contribution in [0.1, 0.15) is 25.0 Å². The smallest absolute Gasteiger partial charge is 0.193 e. The van der Waals surface area contributed by atoms with Crippen LogP contribution < -0.4 is 5.32 Å². The van der Waals surface area contributed by atoms with Gasteiger partial charge in [-0.2, -0.15) is 0 Å². The number of piperidine rings is 1. The first-order valence-electron chi connectivity index (χ1n) is 7.79. The molecule has 1 aliphatic heterocycles. The van der Waals surface area contributed by atoms with E-state index in [1.165, 1.54) is 0 Å². The highest BCUT2D eigenvalue weighted by atomic mass is 16.5. The van der Waals surface area contributed by atoms with Gasteiger partial charge in [-0.3, -0.25) is 4.99 Å². The maximum absolute atomic E-state index is 5.88. The SMILES string of the molecule is CN=C(NCc1ccon1)N1CCC(OCCCOC)CC1. The fraction of sp³-hybridized carbons (Fsp3) is 0.733. The van der Waals surface area contributed by atoms with Crippen molar-refractivity contribution in [2.75, 3.05) is 40.5 Å². The Bertz CT molecular complexity index is 428. The van der Waals surface area contributed by atoms with Crippen LogP contribution in [0, 0.1) is 0 Å². The number of likely N-dealkylation sites (tertiary alicyclic amines) is 1. The Labute approximate surface area is 131 Å². The minimum absolute atomic E-state index is 0.349. The van der Waals surface area contributed by atoms with Crippen molar-refractivity contribution >= 4 is 5.96 Å². The van der Waals surface area contributed by atoms with E-state index in [2.05, 4.69) is 20.4 Å². The predicted molar refractivity (Wildman–Crippen MR) is 83.7 cm³/mol. The van der Waals surface area contributed by atoms with Gasteiger partial charge in [-0.1, -0.05) is 5.16 Å². The van der Waals surface area contributed by atoms with Crippen LogP contribution in [0.25, 0.3) is 0 Å². The molecule has 2 heterocycles. The summed E-state index contributed by atoms with van der Waals surface area (Å²) in [5, 5.41) is 7.20. The van der Waals surface area contributed by atoms with Gasteiger partial charge in [-0.25, -0.2) is 0 Å². The van der Waals surface area contributed by atoms with Gasteiger partial charge >= 0.3 is 0 Å². The van der Waals surface area contributed by atoms with Gasteiger partial charge < -0.3 is 24.2 Å². The van der Waals surface area contributed by atoms with Crippen LogP contribution in [0.5, 0.6) is 0 Å². The highest BCUT2D eigenvalue weighted by Gasteiger charge is 2.21. The van der Waals surface area contributed by atoms with E-state index in [0.29, 0.717) is 12.6 Å². The predicted octanol–water partition coefficient (Wildman–Crippen LogP) is 1.27. The summed E-state index contributed by atoms with van der Waals surface area (Å²) in [6, 6.07) is 1.85. The number of rotatable bonds is 7. The first kappa shape index (κ1) is 16.8. The molecular weight excluding hydrogens is 284 g/mol. The highest BCUT2D eigenvalue weighted by molar-refractivity contribution is 5.79. The molecule has 0 atom stereocenters. The van der Waals surface area contributed by atoms with E-state index in [0.717, 1.165) is 57.2 Å². The first-order valence-corrected chi connectivity index (χ1v) is 7.79. The van der Waals surface area contributed by atoms with Crippen LogP contribution >= 0.6 is 0 Å². The Morgan fingerprint density at radius 1 is 1.45 bits per heavy atom. The Morgan fingerprint density at radius 3 is 2.91 bits per heavy atom. The molecule has 22 heavy (non-hydrogen) atoms. The number of hydrogen-bond donors (Lipinski definition) is 1. The van der Waals surface area contributed by atoms with Crippen molar-refractivity contribution in [2.45, 2.75) is 31.9 Å². The fourth-order valence-electron chi connectivity index (χ4n) is 2.52. The summed E-state index contributed by atoms with van der Waals surface area (Å²) < 4.78 is 15.7. The zero-order valence-corrected chi connectivity index (χ0v) is 13.5. The van der Waals surface area contributed by atoms with Gasteiger partial charge in [0.05, 0.1) is 12.6 Å². The molecule has 0 amide bonds. The Balaban J connectivity index is 1.68. The minimum Gasteiger partial charge on any atom is -0.385 e. The number of methoxy groups -OCH3 is 1. The molecule has 7 heteroatoms. The van der Waals surface area contributed by atoms with Gasteiger partial charge in [0.2, 0.25) is 0 Å². The third-order valence-electron chi connectivity index (χ3n) is 3.72. The van der Waals surface area contributed by atoms with Crippen LogP contribution in [0.3, 0.4) is 0 Å². The summed E-state index contributed by atoms with van der Waals surface area (Å²) >= 11 is 0. The molecule has 0 spiro atoms. The molecule has 1 aliphatic rings. The van der Waals surface area contributed by atoms with E-state index in [1.54, 1.807) is 20.4 Å². The molecule has 1 N–H and O–H groups in total. The molecule has 0 aromatic carbocycles. The van der Waals surface area contributed by atoms with Crippen LogP contribution in [0.4, 0.5) is 0 Å². The van der Waals surface area contributed by atoms with E-state index < -0.39 is 0 Å². The lowest BCUT2D eigenvalue weighted by molar-refractivity contribution is 0.00989. The molecule has 1 fully saturated rings. The largest absolute Gasteiger partial charge is 0.385 e. The average Bonchev–Trinajstić information content (AvgIpc) is 3.07. The molecule has 7 nitrogen and oxygen atoms in total. The number of nitrogens with one attached hydrogen (secondary N) is 1. The van der Waals surface area contributed by atoms with E-state index in [1.807, 2.05) is 6.07 Å². The second-order valence-electron chi connectivity index (χ2n) is 5.30. The van der Waals surface area contributed by atoms with Crippen molar-refractivity contribution in [1.82, 2.24) is 15.4 Å². The van der Waals surface area contributed by atoms with Gasteiger partial charge in [-0.05, 0) is 19.3 Å². The van der Waals surface area contributed by atoms with E-state index in [-0.39, 0.29) is 0 Å². The minimum atomic E-state index is 0.349. The summed E-state index contributed by atoms with van der Waals surface area (Å²) in [4.78, 5) is 6.60. The lowest BCUT2D eigenvalue weighted by Crippen LogP contribution is -2.46. The molecule has 0 radical (unpaired) electrons. The number of aliphatic imine (C=N–C) groups is 1. The molecule has 1 saturated heterocycles. The van der Waals surface area contributed by atoms with E-state index in [9.17, 15) is 0 Å². The summed E-state index contributed by atoms with van der Waals surface area (Å²) in [5.41, 5.74) is 0.873. The number of nitrogens with zero attached hydrogens (tertiary/aromatic N) is 3. The highest BCUT2D eigenvalue weighted by Crippen LogP contribution is 2.14. The van der Waals surface area contributed by atoms with Gasteiger partial charge in [0.15, 0.2) is 5.96 Å². The first-order chi connectivity index (χ1) is 10.8. The quantitative estimate of drug-likeness (QED) is 0.464. The van der Waals surface area contributed by atoms with Crippen molar-refractivity contribution in [3.63, 3.8) is 0 Å². The Kier molecular flexibility index (Phi) is 7.18. The maximum Gasteiger partial charge on any atom is 0.193 e. The van der Waals surface area contributed by atoms with Crippen molar-refractivity contribution in [3.8, 4) is 0 Å². The van der Waals surface area contributed by atoms with Crippen LogP contribution in [0.2, 0.25) is 0 Å². The van der Waals surface area contributed by atoms with Gasteiger partial charge in [-0.15, -0.1) is 0 Å². The molecule has 0 bridgehead atoms. The summed E-state index contributed by atoms with van der Waals surface area (Å²) in [7, 11) is 3.52. The normalized spacial score (nSPS) is 17.0. The molecule has 1 aromatic rings. The second-order valence-corrected chi connectivity index (χ2v) is 5.30. The molecule has 0 unspecified atom stereocenters. The van der Waals surface area contributed by atoms with Gasteiger partial charge in [0, 0.05) is 46.5 Å². The maximum atomic E-state index is 5.88. The van der Waals surface area contributed by atoms with Crippen LogP contribution in [0.15, 0.2) is 21.8 Å².